The molecule has 10 heteroatoms. The number of hydrogen-bond donors (Lipinski definition) is 5. The van der Waals surface area contributed by atoms with Gasteiger partial charge in [0.2, 0.25) is 0 Å². The molecule has 0 radical (unpaired) electrons. The molecular weight excluding hydrogens is 465 g/mol. The molecule has 1 atom stereocenters. The van der Waals surface area contributed by atoms with Crippen molar-refractivity contribution in [3.05, 3.63) is 45.2 Å². The van der Waals surface area contributed by atoms with Crippen molar-refractivity contribution in [1.29, 1.82) is 0 Å². The summed E-state index contributed by atoms with van der Waals surface area (Å²) in [6.07, 6.45) is 3.66. The number of hydrogen-bond acceptors (Lipinski definition) is 5. The van der Waals surface area contributed by atoms with Gasteiger partial charge in [-0.3, -0.25) is 9.59 Å². The van der Waals surface area contributed by atoms with Gasteiger partial charge in [-0.25, -0.2) is 0 Å². The Balaban J connectivity index is 1.55. The van der Waals surface area contributed by atoms with Crippen LogP contribution in [0.25, 0.3) is 0 Å². The summed E-state index contributed by atoms with van der Waals surface area (Å²) in [5.74, 6) is -0.141. The van der Waals surface area contributed by atoms with E-state index in [2.05, 4.69) is 26.3 Å². The monoisotopic (exact) mass is 493 g/mol. The maximum Gasteiger partial charge on any atom is 0.273 e. The molecule has 2 aromatic rings. The summed E-state index contributed by atoms with van der Waals surface area (Å²) in [6.45, 7) is 5.20. The van der Waals surface area contributed by atoms with E-state index in [-0.39, 0.29) is 28.8 Å². The van der Waals surface area contributed by atoms with Crippen LogP contribution in [0.5, 0.6) is 5.75 Å². The maximum absolute atomic E-state index is 12.9. The van der Waals surface area contributed by atoms with Gasteiger partial charge in [0.1, 0.15) is 17.5 Å². The lowest BCUT2D eigenvalue weighted by Gasteiger charge is -2.26. The molecule has 1 aromatic heterocycles. The van der Waals surface area contributed by atoms with Crippen molar-refractivity contribution in [1.82, 2.24) is 20.9 Å². The second-order valence-electron chi connectivity index (χ2n) is 8.50. The number of piperidine rings is 2. The van der Waals surface area contributed by atoms with Gasteiger partial charge in [0, 0.05) is 23.8 Å². The van der Waals surface area contributed by atoms with Gasteiger partial charge in [0.15, 0.2) is 0 Å². The van der Waals surface area contributed by atoms with Gasteiger partial charge in [-0.15, -0.1) is 0 Å². The minimum atomic E-state index is -0.435. The molecular formula is C23H29Cl2N5O3. The third kappa shape index (κ3) is 5.81. The Bertz CT molecular complexity index is 1010. The summed E-state index contributed by atoms with van der Waals surface area (Å²) in [7, 11) is 0. The Kier molecular flexibility index (Phi) is 7.80. The van der Waals surface area contributed by atoms with Gasteiger partial charge in [0.05, 0.1) is 15.7 Å². The summed E-state index contributed by atoms with van der Waals surface area (Å²) in [5.41, 5.74) is 1.74. The highest BCUT2D eigenvalue weighted by Gasteiger charge is 2.23. The number of rotatable bonds is 6. The number of amides is 2. The second kappa shape index (κ2) is 10.8. The Morgan fingerprint density at radius 2 is 1.82 bits per heavy atom. The van der Waals surface area contributed by atoms with Gasteiger partial charge in [-0.1, -0.05) is 23.2 Å². The molecule has 3 heterocycles. The molecule has 5 N–H and O–H groups in total. The van der Waals surface area contributed by atoms with Crippen molar-refractivity contribution in [2.75, 3.05) is 31.5 Å². The first-order chi connectivity index (χ1) is 15.9. The van der Waals surface area contributed by atoms with Crippen LogP contribution in [0.4, 0.5) is 5.69 Å². The fourth-order valence-corrected chi connectivity index (χ4v) is 4.53. The highest BCUT2D eigenvalue weighted by Crippen LogP contribution is 2.32. The molecule has 33 heavy (non-hydrogen) atoms. The van der Waals surface area contributed by atoms with Gasteiger partial charge in [-0.2, -0.15) is 0 Å². The van der Waals surface area contributed by atoms with E-state index < -0.39 is 5.91 Å². The lowest BCUT2D eigenvalue weighted by molar-refractivity contribution is 0.0929. The number of aromatic nitrogens is 1. The van der Waals surface area contributed by atoms with Crippen molar-refractivity contribution in [3.63, 3.8) is 0 Å². The number of carbonyl (C=O) groups excluding carboxylic acids is 2. The first-order valence-corrected chi connectivity index (χ1v) is 12.1. The standard InChI is InChI=1S/C23H29Cl2N5O3/c1-13-19(24)20(25)21(28-13)23(32)30-17-5-4-14(22(31)29-15-3-2-8-27-12-15)11-18(17)33-16-6-9-26-10-7-16/h4-5,11,15-16,26-28H,2-3,6-10,12H2,1H3,(H,29,31)(H,30,32). The van der Waals surface area contributed by atoms with Crippen LogP contribution >= 0.6 is 23.2 Å². The quantitative estimate of drug-likeness (QED) is 0.423. The Morgan fingerprint density at radius 1 is 1.03 bits per heavy atom. The van der Waals surface area contributed by atoms with Crippen LogP contribution in [0.2, 0.25) is 10.0 Å². The van der Waals surface area contributed by atoms with Crippen LogP contribution in [0, 0.1) is 6.92 Å². The van der Waals surface area contributed by atoms with E-state index in [1.807, 2.05) is 0 Å². The Hall–Kier alpha value is -2.26. The predicted molar refractivity (Wildman–Crippen MR) is 130 cm³/mol. The van der Waals surface area contributed by atoms with E-state index in [9.17, 15) is 9.59 Å². The average molecular weight is 494 g/mol. The van der Waals surface area contributed by atoms with E-state index in [1.54, 1.807) is 25.1 Å². The molecule has 0 spiro atoms. The lowest BCUT2D eigenvalue weighted by atomic mass is 10.1. The summed E-state index contributed by atoms with van der Waals surface area (Å²) in [4.78, 5) is 28.7. The fourth-order valence-electron chi connectivity index (χ4n) is 4.11. The van der Waals surface area contributed by atoms with Gasteiger partial charge in [-0.05, 0) is 70.4 Å². The molecule has 178 valence electrons. The van der Waals surface area contributed by atoms with Crippen molar-refractivity contribution in [2.45, 2.75) is 44.8 Å². The molecule has 2 aliphatic rings. The molecule has 1 unspecified atom stereocenters. The van der Waals surface area contributed by atoms with E-state index in [0.717, 1.165) is 51.9 Å². The first kappa shape index (κ1) is 23.9. The van der Waals surface area contributed by atoms with Crippen LogP contribution in [0.3, 0.4) is 0 Å². The van der Waals surface area contributed by atoms with Crippen LogP contribution < -0.4 is 26.0 Å². The Morgan fingerprint density at radius 3 is 2.48 bits per heavy atom. The molecule has 2 amide bonds. The molecule has 2 saturated heterocycles. The SMILES string of the molecule is Cc1[nH]c(C(=O)Nc2ccc(C(=O)NC3CCCNC3)cc2OC2CCNCC2)c(Cl)c1Cl. The summed E-state index contributed by atoms with van der Waals surface area (Å²) in [5, 5.41) is 13.0. The molecule has 2 aliphatic heterocycles. The smallest absolute Gasteiger partial charge is 0.273 e. The highest BCUT2D eigenvalue weighted by atomic mass is 35.5. The van der Waals surface area contributed by atoms with E-state index in [4.69, 9.17) is 27.9 Å². The first-order valence-electron chi connectivity index (χ1n) is 11.3. The van der Waals surface area contributed by atoms with Crippen molar-refractivity contribution in [3.8, 4) is 5.75 Å². The zero-order valence-electron chi connectivity index (χ0n) is 18.5. The number of nitrogens with one attached hydrogen (secondary N) is 5. The van der Waals surface area contributed by atoms with Crippen molar-refractivity contribution < 1.29 is 14.3 Å². The zero-order valence-corrected chi connectivity index (χ0v) is 20.0. The summed E-state index contributed by atoms with van der Waals surface area (Å²) < 4.78 is 6.25. The average Bonchev–Trinajstić information content (AvgIpc) is 3.09. The fraction of sp³-hybridized carbons (Fsp3) is 0.478. The van der Waals surface area contributed by atoms with E-state index in [1.165, 1.54) is 0 Å². The molecule has 0 saturated carbocycles. The zero-order chi connectivity index (χ0) is 23.4. The van der Waals surface area contributed by atoms with Crippen LogP contribution in [-0.4, -0.2) is 55.1 Å². The number of carbonyl (C=O) groups is 2. The number of benzene rings is 1. The molecule has 8 nitrogen and oxygen atoms in total. The third-order valence-electron chi connectivity index (χ3n) is 5.98. The van der Waals surface area contributed by atoms with E-state index in [0.29, 0.717) is 27.7 Å². The summed E-state index contributed by atoms with van der Waals surface area (Å²) in [6, 6.07) is 5.17. The number of aryl methyl sites for hydroxylation is 1. The summed E-state index contributed by atoms with van der Waals surface area (Å²) >= 11 is 12.3. The highest BCUT2D eigenvalue weighted by molar-refractivity contribution is 6.44. The predicted octanol–water partition coefficient (Wildman–Crippen LogP) is 3.49. The number of aromatic amines is 1. The van der Waals surface area contributed by atoms with Gasteiger partial charge in [0.25, 0.3) is 11.8 Å². The minimum Gasteiger partial charge on any atom is -0.488 e. The molecule has 4 rings (SSSR count). The molecule has 0 bridgehead atoms. The van der Waals surface area contributed by atoms with Gasteiger partial charge < -0.3 is 31.0 Å². The topological polar surface area (TPSA) is 107 Å². The lowest BCUT2D eigenvalue weighted by Crippen LogP contribution is -2.45. The van der Waals surface area contributed by atoms with Crippen molar-refractivity contribution >= 4 is 40.7 Å². The van der Waals surface area contributed by atoms with Crippen LogP contribution in [0.1, 0.15) is 52.2 Å². The maximum atomic E-state index is 12.9. The minimum absolute atomic E-state index is 0.00600. The molecule has 1 aromatic carbocycles. The van der Waals surface area contributed by atoms with Crippen LogP contribution in [-0.2, 0) is 0 Å². The molecule has 0 aliphatic carbocycles. The normalized spacial score (nSPS) is 19.2. The van der Waals surface area contributed by atoms with Crippen LogP contribution in [0.15, 0.2) is 18.2 Å². The number of anilines is 1. The number of H-pyrrole nitrogens is 1. The van der Waals surface area contributed by atoms with Crippen molar-refractivity contribution in [2.24, 2.45) is 0 Å². The Labute approximate surface area is 203 Å². The largest absolute Gasteiger partial charge is 0.488 e. The van der Waals surface area contributed by atoms with E-state index >= 15 is 0 Å². The third-order valence-corrected chi connectivity index (χ3v) is 6.93. The second-order valence-corrected chi connectivity index (χ2v) is 9.26. The molecule has 2 fully saturated rings. The van der Waals surface area contributed by atoms with Gasteiger partial charge >= 0.3 is 0 Å². The number of ether oxygens (including phenoxy) is 1. The number of halogens is 2.